The maximum absolute atomic E-state index is 14.0. The predicted octanol–water partition coefficient (Wildman–Crippen LogP) is 0.843. The predicted molar refractivity (Wildman–Crippen MR) is 67.0 cm³/mol. The topological polar surface area (TPSA) is 82.3 Å². The summed E-state index contributed by atoms with van der Waals surface area (Å²) in [6, 6.07) is 0. The number of alkyl halides is 1. The molecule has 1 aliphatic heterocycles. The van der Waals surface area contributed by atoms with E-state index < -0.39 is 18.5 Å². The second-order valence-electron chi connectivity index (χ2n) is 4.52. The van der Waals surface area contributed by atoms with E-state index in [2.05, 4.69) is 15.0 Å². The molecule has 1 saturated heterocycles. The quantitative estimate of drug-likeness (QED) is 0.895. The third-order valence-electron chi connectivity index (χ3n) is 3.21. The van der Waals surface area contributed by atoms with Crippen molar-refractivity contribution in [3.05, 3.63) is 12.7 Å². The maximum atomic E-state index is 14.0. The van der Waals surface area contributed by atoms with Gasteiger partial charge < -0.3 is 14.6 Å². The molecule has 0 bridgehead atoms. The molecule has 3 heterocycles. The van der Waals surface area contributed by atoms with E-state index in [-0.39, 0.29) is 13.0 Å². The minimum absolute atomic E-state index is 0.157. The van der Waals surface area contributed by atoms with Gasteiger partial charge in [0.1, 0.15) is 12.5 Å². The summed E-state index contributed by atoms with van der Waals surface area (Å²) >= 11 is 0. The number of aliphatic hydroxyl groups is 1. The van der Waals surface area contributed by atoms with Crippen LogP contribution in [-0.2, 0) is 4.74 Å². The molecule has 0 aromatic carbocycles. The summed E-state index contributed by atoms with van der Waals surface area (Å²) in [5.41, 5.74) is 0.923. The van der Waals surface area contributed by atoms with Gasteiger partial charge in [-0.2, -0.15) is 4.98 Å². The number of hydrogen-bond donors (Lipinski definition) is 1. The summed E-state index contributed by atoms with van der Waals surface area (Å²) in [5.74, 6) is 0.364. The Balaban J connectivity index is 1.99. The first-order valence-electron chi connectivity index (χ1n) is 6.45. The molecule has 7 nitrogen and oxygen atoms in total. The number of halogens is 1. The van der Waals surface area contributed by atoms with Crippen LogP contribution in [0.4, 0.5) is 4.39 Å². The van der Waals surface area contributed by atoms with E-state index in [1.54, 1.807) is 0 Å². The van der Waals surface area contributed by atoms with Crippen molar-refractivity contribution < 1.29 is 19.0 Å². The average Bonchev–Trinajstić information content (AvgIpc) is 3.03. The highest BCUT2D eigenvalue weighted by Gasteiger charge is 2.37. The van der Waals surface area contributed by atoms with E-state index in [9.17, 15) is 4.39 Å². The summed E-state index contributed by atoms with van der Waals surface area (Å²) in [4.78, 5) is 12.3. The van der Waals surface area contributed by atoms with Crippen molar-refractivity contribution in [1.29, 1.82) is 0 Å². The van der Waals surface area contributed by atoms with Crippen molar-refractivity contribution in [2.45, 2.75) is 31.8 Å². The van der Waals surface area contributed by atoms with Crippen LogP contribution in [0.5, 0.6) is 5.88 Å². The van der Waals surface area contributed by atoms with E-state index in [0.29, 0.717) is 23.7 Å². The molecule has 20 heavy (non-hydrogen) atoms. The number of fused-ring (bicyclic) bond motifs is 1. The SMILES string of the molecule is CCOc1ncnc2c1ncn2[C@@H]1O[C@H](CO)C[C@@H]1F. The smallest absolute Gasteiger partial charge is 0.245 e. The molecular weight excluding hydrogens is 267 g/mol. The van der Waals surface area contributed by atoms with Crippen LogP contribution in [0.15, 0.2) is 12.7 Å². The van der Waals surface area contributed by atoms with Gasteiger partial charge in [0.2, 0.25) is 5.88 Å². The number of rotatable bonds is 4. The molecule has 0 aliphatic carbocycles. The molecule has 1 N–H and O–H groups in total. The van der Waals surface area contributed by atoms with Crippen molar-refractivity contribution in [2.75, 3.05) is 13.2 Å². The van der Waals surface area contributed by atoms with E-state index >= 15 is 0 Å². The zero-order valence-corrected chi connectivity index (χ0v) is 10.9. The monoisotopic (exact) mass is 282 g/mol. The lowest BCUT2D eigenvalue weighted by molar-refractivity contribution is -0.0351. The van der Waals surface area contributed by atoms with Gasteiger partial charge in [-0.15, -0.1) is 0 Å². The van der Waals surface area contributed by atoms with Gasteiger partial charge in [-0.25, -0.2) is 14.4 Å². The third-order valence-corrected chi connectivity index (χ3v) is 3.21. The summed E-state index contributed by atoms with van der Waals surface area (Å²) in [5, 5.41) is 9.06. The first-order valence-corrected chi connectivity index (χ1v) is 6.45. The maximum Gasteiger partial charge on any atom is 0.245 e. The number of ether oxygens (including phenoxy) is 2. The minimum Gasteiger partial charge on any atom is -0.476 e. The van der Waals surface area contributed by atoms with Gasteiger partial charge >= 0.3 is 0 Å². The molecule has 108 valence electrons. The minimum atomic E-state index is -1.21. The Morgan fingerprint density at radius 2 is 2.35 bits per heavy atom. The van der Waals surface area contributed by atoms with E-state index in [1.165, 1.54) is 17.2 Å². The van der Waals surface area contributed by atoms with Gasteiger partial charge in [0, 0.05) is 6.42 Å². The van der Waals surface area contributed by atoms with Gasteiger partial charge in [0.05, 0.1) is 25.6 Å². The van der Waals surface area contributed by atoms with Crippen LogP contribution in [0.25, 0.3) is 11.2 Å². The van der Waals surface area contributed by atoms with E-state index in [4.69, 9.17) is 14.6 Å². The molecule has 3 rings (SSSR count). The highest BCUT2D eigenvalue weighted by atomic mass is 19.1. The summed E-state index contributed by atoms with van der Waals surface area (Å²) < 4.78 is 26.4. The highest BCUT2D eigenvalue weighted by molar-refractivity contribution is 5.76. The Labute approximate surface area is 114 Å². The number of hydrogen-bond acceptors (Lipinski definition) is 6. The molecule has 3 atom stereocenters. The van der Waals surface area contributed by atoms with Gasteiger partial charge in [0.15, 0.2) is 17.4 Å². The van der Waals surface area contributed by atoms with Crippen LogP contribution < -0.4 is 4.74 Å². The van der Waals surface area contributed by atoms with Crippen LogP contribution >= 0.6 is 0 Å². The lowest BCUT2D eigenvalue weighted by atomic mass is 10.2. The molecule has 1 fully saturated rings. The van der Waals surface area contributed by atoms with Gasteiger partial charge in [-0.05, 0) is 6.92 Å². The van der Waals surface area contributed by atoms with E-state index in [0.717, 1.165) is 0 Å². The van der Waals surface area contributed by atoms with Crippen molar-refractivity contribution in [3.8, 4) is 5.88 Å². The molecule has 8 heteroatoms. The fraction of sp³-hybridized carbons (Fsp3) is 0.583. The molecule has 0 saturated carbocycles. The second-order valence-corrected chi connectivity index (χ2v) is 4.52. The number of aliphatic hydroxyl groups excluding tert-OH is 1. The van der Waals surface area contributed by atoms with Crippen molar-refractivity contribution >= 4 is 11.2 Å². The summed E-state index contributed by atoms with van der Waals surface area (Å²) in [6.07, 6.45) is 0.414. The number of aromatic nitrogens is 4. The lowest BCUT2D eigenvalue weighted by Crippen LogP contribution is -2.16. The Morgan fingerprint density at radius 1 is 1.50 bits per heavy atom. The van der Waals surface area contributed by atoms with Gasteiger partial charge in [-0.1, -0.05) is 0 Å². The van der Waals surface area contributed by atoms with Crippen LogP contribution in [0.1, 0.15) is 19.6 Å². The van der Waals surface area contributed by atoms with Crippen molar-refractivity contribution in [3.63, 3.8) is 0 Å². The average molecular weight is 282 g/mol. The van der Waals surface area contributed by atoms with Gasteiger partial charge in [-0.3, -0.25) is 4.57 Å². The number of nitrogens with zero attached hydrogens (tertiary/aromatic N) is 4. The Bertz CT molecular complexity index is 605. The largest absolute Gasteiger partial charge is 0.476 e. The zero-order chi connectivity index (χ0) is 14.1. The first-order chi connectivity index (χ1) is 9.74. The van der Waals surface area contributed by atoms with E-state index in [1.807, 2.05) is 6.92 Å². The van der Waals surface area contributed by atoms with Crippen LogP contribution in [0, 0.1) is 0 Å². The molecule has 0 spiro atoms. The molecule has 1 aliphatic rings. The van der Waals surface area contributed by atoms with Crippen molar-refractivity contribution in [1.82, 2.24) is 19.5 Å². The zero-order valence-electron chi connectivity index (χ0n) is 10.9. The second kappa shape index (κ2) is 5.29. The molecule has 2 aromatic heterocycles. The van der Waals surface area contributed by atoms with Gasteiger partial charge in [0.25, 0.3) is 0 Å². The van der Waals surface area contributed by atoms with Crippen molar-refractivity contribution in [2.24, 2.45) is 0 Å². The summed E-state index contributed by atoms with van der Waals surface area (Å²) in [6.45, 7) is 2.09. The number of imidazole rings is 1. The molecular formula is C12H15FN4O3. The van der Waals surface area contributed by atoms with Crippen LogP contribution in [0.2, 0.25) is 0 Å². The Morgan fingerprint density at radius 3 is 3.05 bits per heavy atom. The third kappa shape index (κ3) is 2.10. The molecule has 0 unspecified atom stereocenters. The Kier molecular flexibility index (Phi) is 3.49. The van der Waals surface area contributed by atoms with Crippen LogP contribution in [-0.4, -0.2) is 50.1 Å². The normalized spacial score (nSPS) is 26.2. The van der Waals surface area contributed by atoms with Crippen LogP contribution in [0.3, 0.4) is 0 Å². The summed E-state index contributed by atoms with van der Waals surface area (Å²) in [7, 11) is 0. The Hall–Kier alpha value is -1.80. The fourth-order valence-electron chi connectivity index (χ4n) is 2.32. The lowest BCUT2D eigenvalue weighted by Gasteiger charge is -2.15. The molecule has 0 amide bonds. The highest BCUT2D eigenvalue weighted by Crippen LogP contribution is 2.33. The molecule has 0 radical (unpaired) electrons. The fourth-order valence-corrected chi connectivity index (χ4v) is 2.32. The molecule has 2 aromatic rings. The first kappa shape index (κ1) is 13.2. The standard InChI is InChI=1S/C12H15FN4O3/c1-2-19-11-9-10(14-5-15-11)17(6-16-9)12-8(13)3-7(4-18)20-12/h5-8,12,18H,2-4H2,1H3/t7-,8-,12+/m0/s1.